The van der Waals surface area contributed by atoms with E-state index in [0.29, 0.717) is 0 Å². The number of hydrogen-bond acceptors (Lipinski definition) is 5. The van der Waals surface area contributed by atoms with Crippen molar-refractivity contribution >= 4 is 28.9 Å². The van der Waals surface area contributed by atoms with Crippen molar-refractivity contribution in [1.29, 1.82) is 15.8 Å². The quantitative estimate of drug-likeness (QED) is 0.833. The van der Waals surface area contributed by atoms with Crippen LogP contribution >= 0.6 is 11.6 Å². The van der Waals surface area contributed by atoms with Crippen molar-refractivity contribution < 1.29 is 9.18 Å². The van der Waals surface area contributed by atoms with E-state index < -0.39 is 17.3 Å². The Balaban J connectivity index is 3.37. The number of carbonyl (C=O) groups excluding carboxylic acids is 1. The molecule has 1 rings (SSSR count). The first-order valence-corrected chi connectivity index (χ1v) is 5.79. The second-order valence-corrected chi connectivity index (χ2v) is 4.11. The number of rotatable bonds is 3. The minimum atomic E-state index is -0.791. The first kappa shape index (κ1) is 16.0. The first-order chi connectivity index (χ1) is 9.92. The minimum absolute atomic E-state index is 0.00773. The van der Waals surface area contributed by atoms with Crippen LogP contribution in [0.3, 0.4) is 0 Å². The summed E-state index contributed by atoms with van der Waals surface area (Å²) < 4.78 is 13.5. The number of anilines is 2. The second-order valence-electron chi connectivity index (χ2n) is 3.70. The van der Waals surface area contributed by atoms with Crippen molar-refractivity contribution in [3.05, 3.63) is 34.2 Å². The van der Waals surface area contributed by atoms with E-state index >= 15 is 0 Å². The van der Waals surface area contributed by atoms with Gasteiger partial charge in [0, 0.05) is 13.0 Å². The number of benzene rings is 1. The van der Waals surface area contributed by atoms with E-state index in [1.54, 1.807) is 6.07 Å². The third-order valence-electron chi connectivity index (χ3n) is 2.22. The SMILES string of the molecule is CC(=O)Nc1cc(Cl)c(F)cc1NC(C#N)=C(C#N)C#N. The molecule has 104 valence electrons. The molecular formula is C13H7ClFN5O. The van der Waals surface area contributed by atoms with Gasteiger partial charge in [-0.25, -0.2) is 4.39 Å². The zero-order valence-corrected chi connectivity index (χ0v) is 11.4. The lowest BCUT2D eigenvalue weighted by Gasteiger charge is -2.12. The zero-order valence-electron chi connectivity index (χ0n) is 10.7. The van der Waals surface area contributed by atoms with Crippen LogP contribution in [0.2, 0.25) is 5.02 Å². The molecule has 21 heavy (non-hydrogen) atoms. The zero-order chi connectivity index (χ0) is 16.0. The van der Waals surface area contributed by atoms with Crippen LogP contribution in [0.4, 0.5) is 15.8 Å². The molecule has 1 aromatic rings. The van der Waals surface area contributed by atoms with Crippen LogP contribution in [-0.2, 0) is 4.79 Å². The van der Waals surface area contributed by atoms with Gasteiger partial charge in [0.25, 0.3) is 0 Å². The summed E-state index contributed by atoms with van der Waals surface area (Å²) in [7, 11) is 0. The van der Waals surface area contributed by atoms with Gasteiger partial charge in [-0.3, -0.25) is 4.79 Å². The fourth-order valence-electron chi connectivity index (χ4n) is 1.36. The van der Waals surface area contributed by atoms with Gasteiger partial charge in [0.2, 0.25) is 5.91 Å². The summed E-state index contributed by atoms with van der Waals surface area (Å²) in [6, 6.07) is 6.78. The monoisotopic (exact) mass is 303 g/mol. The van der Waals surface area contributed by atoms with Crippen molar-refractivity contribution in [2.75, 3.05) is 10.6 Å². The van der Waals surface area contributed by atoms with E-state index in [0.717, 1.165) is 12.1 Å². The summed E-state index contributed by atoms with van der Waals surface area (Å²) in [5.41, 5.74) is -0.738. The Morgan fingerprint density at radius 3 is 2.19 bits per heavy atom. The summed E-state index contributed by atoms with van der Waals surface area (Å²) in [5, 5.41) is 31.0. The summed E-state index contributed by atoms with van der Waals surface area (Å²) in [6.07, 6.45) is 0. The lowest BCUT2D eigenvalue weighted by Crippen LogP contribution is -2.10. The van der Waals surface area contributed by atoms with E-state index in [1.165, 1.54) is 19.1 Å². The van der Waals surface area contributed by atoms with Crippen LogP contribution in [0.25, 0.3) is 0 Å². The number of nitrogens with zero attached hydrogens (tertiary/aromatic N) is 3. The van der Waals surface area contributed by atoms with Crippen molar-refractivity contribution in [3.8, 4) is 18.2 Å². The predicted molar refractivity (Wildman–Crippen MR) is 73.2 cm³/mol. The normalized spacial score (nSPS) is 8.76. The maximum atomic E-state index is 13.5. The van der Waals surface area contributed by atoms with Crippen molar-refractivity contribution in [2.24, 2.45) is 0 Å². The maximum absolute atomic E-state index is 13.5. The Bertz CT molecular complexity index is 736. The molecule has 0 heterocycles. The van der Waals surface area contributed by atoms with Gasteiger partial charge in [-0.2, -0.15) is 15.8 Å². The van der Waals surface area contributed by atoms with E-state index in [1.807, 2.05) is 0 Å². The molecule has 2 N–H and O–H groups in total. The molecule has 0 aliphatic rings. The molecule has 0 aliphatic heterocycles. The first-order valence-electron chi connectivity index (χ1n) is 5.41. The van der Waals surface area contributed by atoms with Crippen LogP contribution in [0.1, 0.15) is 6.92 Å². The highest BCUT2D eigenvalue weighted by atomic mass is 35.5. The number of allylic oxidation sites excluding steroid dienone is 2. The summed E-state index contributed by atoms with van der Waals surface area (Å²) in [5.74, 6) is -1.23. The van der Waals surface area contributed by atoms with Gasteiger partial charge >= 0.3 is 0 Å². The fraction of sp³-hybridized carbons (Fsp3) is 0.0769. The molecule has 0 saturated heterocycles. The smallest absolute Gasteiger partial charge is 0.221 e. The van der Waals surface area contributed by atoms with Gasteiger partial charge in [-0.15, -0.1) is 0 Å². The van der Waals surface area contributed by atoms with Gasteiger partial charge in [0.1, 0.15) is 29.7 Å². The van der Waals surface area contributed by atoms with E-state index in [-0.39, 0.29) is 22.1 Å². The molecular weight excluding hydrogens is 297 g/mol. The van der Waals surface area contributed by atoms with E-state index in [2.05, 4.69) is 10.6 Å². The molecule has 0 bridgehead atoms. The van der Waals surface area contributed by atoms with Crippen LogP contribution < -0.4 is 10.6 Å². The molecule has 0 unspecified atom stereocenters. The number of nitrogens with one attached hydrogen (secondary N) is 2. The van der Waals surface area contributed by atoms with Crippen LogP contribution in [0.15, 0.2) is 23.4 Å². The third kappa shape index (κ3) is 3.94. The Morgan fingerprint density at radius 2 is 1.71 bits per heavy atom. The van der Waals surface area contributed by atoms with Crippen molar-refractivity contribution in [2.45, 2.75) is 6.92 Å². The largest absolute Gasteiger partial charge is 0.343 e. The molecule has 8 heteroatoms. The molecule has 6 nitrogen and oxygen atoms in total. The second kappa shape index (κ2) is 6.91. The Labute approximate surface area is 124 Å². The Morgan fingerprint density at radius 1 is 1.14 bits per heavy atom. The van der Waals surface area contributed by atoms with Gasteiger partial charge in [-0.05, 0) is 6.07 Å². The predicted octanol–water partition coefficient (Wildman–Crippen LogP) is 2.67. The highest BCUT2D eigenvalue weighted by Gasteiger charge is 2.13. The lowest BCUT2D eigenvalue weighted by atomic mass is 10.2. The number of nitriles is 3. The van der Waals surface area contributed by atoms with Gasteiger partial charge in [0.05, 0.1) is 16.4 Å². The van der Waals surface area contributed by atoms with Crippen LogP contribution in [0.5, 0.6) is 0 Å². The molecule has 1 aromatic carbocycles. The molecule has 0 spiro atoms. The maximum Gasteiger partial charge on any atom is 0.221 e. The highest BCUT2D eigenvalue weighted by molar-refractivity contribution is 6.31. The van der Waals surface area contributed by atoms with Gasteiger partial charge in [-0.1, -0.05) is 11.6 Å². The van der Waals surface area contributed by atoms with E-state index in [9.17, 15) is 9.18 Å². The minimum Gasteiger partial charge on any atom is -0.343 e. The van der Waals surface area contributed by atoms with Crippen molar-refractivity contribution in [1.82, 2.24) is 0 Å². The highest BCUT2D eigenvalue weighted by Crippen LogP contribution is 2.30. The van der Waals surface area contributed by atoms with Crippen LogP contribution in [-0.4, -0.2) is 5.91 Å². The van der Waals surface area contributed by atoms with E-state index in [4.69, 9.17) is 27.4 Å². The summed E-state index contributed by atoms with van der Waals surface area (Å²) in [6.45, 7) is 1.23. The molecule has 0 aromatic heterocycles. The Kier molecular flexibility index (Phi) is 5.25. The number of hydrogen-bond donors (Lipinski definition) is 2. The average molecular weight is 304 g/mol. The van der Waals surface area contributed by atoms with Gasteiger partial charge in [0.15, 0.2) is 5.57 Å². The fourth-order valence-corrected chi connectivity index (χ4v) is 1.52. The standard InChI is InChI=1S/C13H7ClFN5O/c1-7(21)19-11-2-9(14)10(15)3-12(11)20-13(6-18)8(4-16)5-17/h2-3,20H,1H3,(H,19,21). The third-order valence-corrected chi connectivity index (χ3v) is 2.51. The average Bonchev–Trinajstić information content (AvgIpc) is 2.43. The molecule has 0 saturated carbocycles. The number of amides is 1. The number of carbonyl (C=O) groups is 1. The lowest BCUT2D eigenvalue weighted by molar-refractivity contribution is -0.114. The molecule has 1 amide bonds. The Hall–Kier alpha value is -3.08. The van der Waals surface area contributed by atoms with Crippen molar-refractivity contribution in [3.63, 3.8) is 0 Å². The summed E-state index contributed by atoms with van der Waals surface area (Å²) in [4.78, 5) is 11.1. The molecule has 0 radical (unpaired) electrons. The number of halogens is 2. The molecule has 0 fully saturated rings. The molecule has 0 aliphatic carbocycles. The van der Waals surface area contributed by atoms with Gasteiger partial charge < -0.3 is 10.6 Å². The topological polar surface area (TPSA) is 112 Å². The summed E-state index contributed by atoms with van der Waals surface area (Å²) >= 11 is 5.62. The van der Waals surface area contributed by atoms with Crippen LogP contribution in [0, 0.1) is 39.8 Å². The molecule has 0 atom stereocenters.